The molecule has 0 saturated heterocycles. The Morgan fingerprint density at radius 1 is 1.03 bits per heavy atom. The SMILES string of the molecule is COc1cc(N=c2oc3ccc(Cl)cc3cc2C(=O)Nc2ccc(C)cn2)cc(OC)c1. The van der Waals surface area contributed by atoms with Crippen LogP contribution in [0, 0.1) is 6.92 Å². The molecule has 2 aromatic heterocycles. The first-order valence-corrected chi connectivity index (χ1v) is 10.1. The van der Waals surface area contributed by atoms with Crippen LogP contribution in [0.15, 0.2) is 70.2 Å². The Morgan fingerprint density at radius 3 is 2.44 bits per heavy atom. The smallest absolute Gasteiger partial charge is 0.262 e. The van der Waals surface area contributed by atoms with Crippen LogP contribution in [0.5, 0.6) is 11.5 Å². The van der Waals surface area contributed by atoms with Gasteiger partial charge in [-0.2, -0.15) is 0 Å². The molecule has 0 radical (unpaired) electrons. The third-order valence-corrected chi connectivity index (χ3v) is 4.91. The van der Waals surface area contributed by atoms with Crippen LogP contribution in [-0.2, 0) is 0 Å². The number of carbonyl (C=O) groups is 1. The van der Waals surface area contributed by atoms with E-state index in [1.54, 1.807) is 68.9 Å². The van der Waals surface area contributed by atoms with Crippen molar-refractivity contribution in [2.45, 2.75) is 6.92 Å². The predicted octanol–water partition coefficient (Wildman–Crippen LogP) is 5.29. The van der Waals surface area contributed by atoms with Gasteiger partial charge in [-0.25, -0.2) is 9.98 Å². The molecule has 32 heavy (non-hydrogen) atoms. The van der Waals surface area contributed by atoms with Crippen molar-refractivity contribution in [1.82, 2.24) is 4.98 Å². The van der Waals surface area contributed by atoms with Crippen molar-refractivity contribution in [3.8, 4) is 11.5 Å². The summed E-state index contributed by atoms with van der Waals surface area (Å²) >= 11 is 6.13. The number of rotatable bonds is 5. The molecule has 2 aromatic carbocycles. The van der Waals surface area contributed by atoms with Crippen molar-refractivity contribution in [1.29, 1.82) is 0 Å². The van der Waals surface area contributed by atoms with E-state index < -0.39 is 5.91 Å². The minimum Gasteiger partial charge on any atom is -0.497 e. The van der Waals surface area contributed by atoms with Crippen LogP contribution in [-0.4, -0.2) is 25.1 Å². The minimum absolute atomic E-state index is 0.125. The number of hydrogen-bond donors (Lipinski definition) is 1. The highest BCUT2D eigenvalue weighted by Crippen LogP contribution is 2.28. The van der Waals surface area contributed by atoms with Crippen molar-refractivity contribution >= 4 is 40.0 Å². The summed E-state index contributed by atoms with van der Waals surface area (Å²) in [5, 5.41) is 3.98. The van der Waals surface area contributed by atoms with Crippen molar-refractivity contribution in [2.24, 2.45) is 4.99 Å². The van der Waals surface area contributed by atoms with Gasteiger partial charge in [0.2, 0.25) is 5.55 Å². The number of methoxy groups -OCH3 is 2. The average molecular weight is 450 g/mol. The summed E-state index contributed by atoms with van der Waals surface area (Å²) in [4.78, 5) is 21.9. The molecule has 162 valence electrons. The molecule has 2 heterocycles. The van der Waals surface area contributed by atoms with E-state index in [4.69, 9.17) is 25.5 Å². The van der Waals surface area contributed by atoms with Gasteiger partial charge in [0, 0.05) is 34.8 Å². The first-order valence-electron chi connectivity index (χ1n) is 9.70. The number of halogens is 1. The fraction of sp³-hybridized carbons (Fsp3) is 0.125. The van der Waals surface area contributed by atoms with Gasteiger partial charge in [0.15, 0.2) is 0 Å². The maximum atomic E-state index is 13.1. The van der Waals surface area contributed by atoms with Gasteiger partial charge in [-0.1, -0.05) is 17.7 Å². The van der Waals surface area contributed by atoms with E-state index in [1.807, 2.05) is 13.0 Å². The lowest BCUT2D eigenvalue weighted by Crippen LogP contribution is -2.22. The molecular weight excluding hydrogens is 430 g/mol. The third kappa shape index (κ3) is 4.73. The fourth-order valence-corrected chi connectivity index (χ4v) is 3.23. The third-order valence-electron chi connectivity index (χ3n) is 4.67. The van der Waals surface area contributed by atoms with Crippen molar-refractivity contribution in [3.63, 3.8) is 0 Å². The van der Waals surface area contributed by atoms with Crippen LogP contribution in [0.1, 0.15) is 15.9 Å². The van der Waals surface area contributed by atoms with E-state index in [1.165, 1.54) is 0 Å². The van der Waals surface area contributed by atoms with Gasteiger partial charge in [0.1, 0.15) is 28.5 Å². The van der Waals surface area contributed by atoms with Crippen LogP contribution in [0.3, 0.4) is 0 Å². The number of aryl methyl sites for hydroxylation is 1. The predicted molar refractivity (Wildman–Crippen MR) is 123 cm³/mol. The van der Waals surface area contributed by atoms with Gasteiger partial charge in [-0.15, -0.1) is 0 Å². The van der Waals surface area contributed by atoms with Gasteiger partial charge < -0.3 is 19.2 Å². The van der Waals surface area contributed by atoms with Gasteiger partial charge >= 0.3 is 0 Å². The van der Waals surface area contributed by atoms with E-state index in [9.17, 15) is 4.79 Å². The molecule has 0 aliphatic rings. The molecule has 7 nitrogen and oxygen atoms in total. The molecule has 0 aliphatic carbocycles. The van der Waals surface area contributed by atoms with Gasteiger partial charge in [-0.3, -0.25) is 4.79 Å². The highest BCUT2D eigenvalue weighted by molar-refractivity contribution is 6.31. The highest BCUT2D eigenvalue weighted by Gasteiger charge is 2.14. The number of aromatic nitrogens is 1. The molecule has 1 amide bonds. The standard InChI is InChI=1S/C24H20ClN3O4/c1-14-4-7-22(26-13-14)28-23(29)20-9-15-8-16(25)5-6-21(15)32-24(20)27-17-10-18(30-2)12-19(11-17)31-3/h4-13H,1-3H3,(H,26,28,29). The Labute approximate surface area is 189 Å². The molecule has 4 rings (SSSR count). The zero-order valence-electron chi connectivity index (χ0n) is 17.7. The van der Waals surface area contributed by atoms with E-state index in [2.05, 4.69) is 15.3 Å². The maximum Gasteiger partial charge on any atom is 0.262 e. The molecule has 1 N–H and O–H groups in total. The normalized spacial score (nSPS) is 11.4. The summed E-state index contributed by atoms with van der Waals surface area (Å²) in [6.07, 6.45) is 1.67. The largest absolute Gasteiger partial charge is 0.497 e. The number of hydrogen-bond acceptors (Lipinski definition) is 6. The average Bonchev–Trinajstić information content (AvgIpc) is 2.80. The highest BCUT2D eigenvalue weighted by atomic mass is 35.5. The molecule has 4 aromatic rings. The molecule has 0 spiro atoms. The minimum atomic E-state index is -0.416. The molecule has 8 heteroatoms. The summed E-state index contributed by atoms with van der Waals surface area (Å²) in [5.74, 6) is 1.12. The van der Waals surface area contributed by atoms with Crippen molar-refractivity contribution in [2.75, 3.05) is 19.5 Å². The monoisotopic (exact) mass is 449 g/mol. The van der Waals surface area contributed by atoms with Crippen LogP contribution >= 0.6 is 11.6 Å². The number of amides is 1. The number of pyridine rings is 1. The molecule has 0 atom stereocenters. The Balaban J connectivity index is 1.87. The van der Waals surface area contributed by atoms with Crippen LogP contribution in [0.25, 0.3) is 11.0 Å². The maximum absolute atomic E-state index is 13.1. The number of nitrogens with one attached hydrogen (secondary N) is 1. The zero-order chi connectivity index (χ0) is 22.7. The van der Waals surface area contributed by atoms with E-state index in [0.717, 1.165) is 5.56 Å². The molecule has 0 unspecified atom stereocenters. The fourth-order valence-electron chi connectivity index (χ4n) is 3.05. The van der Waals surface area contributed by atoms with Crippen LogP contribution in [0.2, 0.25) is 5.02 Å². The first kappa shape index (κ1) is 21.4. The first-order chi connectivity index (χ1) is 15.4. The Kier molecular flexibility index (Phi) is 6.09. The molecule has 0 aliphatic heterocycles. The Bertz CT molecular complexity index is 1340. The van der Waals surface area contributed by atoms with Crippen LogP contribution < -0.4 is 20.3 Å². The second kappa shape index (κ2) is 9.11. The summed E-state index contributed by atoms with van der Waals surface area (Å²) in [5.41, 5.74) is 2.37. The number of fused-ring (bicyclic) bond motifs is 1. The number of ether oxygens (including phenoxy) is 2. The topological polar surface area (TPSA) is 86.0 Å². The lowest BCUT2D eigenvalue weighted by atomic mass is 10.1. The second-order valence-electron chi connectivity index (χ2n) is 7.00. The molecule has 0 bridgehead atoms. The lowest BCUT2D eigenvalue weighted by Gasteiger charge is -2.08. The van der Waals surface area contributed by atoms with Gasteiger partial charge in [0.25, 0.3) is 5.91 Å². The number of benzene rings is 2. The summed E-state index contributed by atoms with van der Waals surface area (Å²) < 4.78 is 16.6. The molecular formula is C24H20ClN3O4. The second-order valence-corrected chi connectivity index (χ2v) is 7.44. The van der Waals surface area contributed by atoms with Gasteiger partial charge in [-0.05, 0) is 42.8 Å². The van der Waals surface area contributed by atoms with Crippen molar-refractivity contribution in [3.05, 3.63) is 82.5 Å². The number of anilines is 1. The molecule has 0 saturated carbocycles. The van der Waals surface area contributed by atoms with Crippen molar-refractivity contribution < 1.29 is 18.7 Å². The summed E-state index contributed by atoms with van der Waals surface area (Å²) in [6, 6.07) is 15.6. The number of carbonyl (C=O) groups excluding carboxylic acids is 1. The zero-order valence-corrected chi connectivity index (χ0v) is 18.4. The number of nitrogens with zero attached hydrogens (tertiary/aromatic N) is 2. The summed E-state index contributed by atoms with van der Waals surface area (Å²) in [7, 11) is 3.10. The quantitative estimate of drug-likeness (QED) is 0.447. The van der Waals surface area contributed by atoms with E-state index in [0.29, 0.717) is 39.0 Å². The Hall–Kier alpha value is -3.84. The lowest BCUT2D eigenvalue weighted by molar-refractivity contribution is 0.102. The summed E-state index contributed by atoms with van der Waals surface area (Å²) in [6.45, 7) is 1.92. The van der Waals surface area contributed by atoms with Crippen LogP contribution in [0.4, 0.5) is 11.5 Å². The van der Waals surface area contributed by atoms with E-state index in [-0.39, 0.29) is 11.1 Å². The Morgan fingerprint density at radius 2 is 1.78 bits per heavy atom. The van der Waals surface area contributed by atoms with Gasteiger partial charge in [0.05, 0.1) is 19.9 Å². The molecule has 0 fully saturated rings. The van der Waals surface area contributed by atoms with E-state index >= 15 is 0 Å².